The van der Waals surface area contributed by atoms with Crippen molar-refractivity contribution in [2.45, 2.75) is 13.2 Å². The van der Waals surface area contributed by atoms with E-state index in [1.165, 1.54) is 28.9 Å². The van der Waals surface area contributed by atoms with Crippen molar-refractivity contribution < 1.29 is 13.9 Å². The monoisotopic (exact) mass is 320 g/mol. The Morgan fingerprint density at radius 1 is 1.30 bits per heavy atom. The Kier molecular flexibility index (Phi) is 6.10. The molecule has 1 amide bonds. The molecule has 0 unspecified atom stereocenters. The van der Waals surface area contributed by atoms with Crippen LogP contribution < -0.4 is 10.1 Å². The summed E-state index contributed by atoms with van der Waals surface area (Å²) in [5.41, 5.74) is 0.345. The number of amides is 1. The average Bonchev–Trinajstić information content (AvgIpc) is 3.00. The van der Waals surface area contributed by atoms with E-state index in [0.29, 0.717) is 18.0 Å². The van der Waals surface area contributed by atoms with Gasteiger partial charge >= 0.3 is 0 Å². The van der Waals surface area contributed by atoms with Gasteiger partial charge in [0.1, 0.15) is 17.3 Å². The van der Waals surface area contributed by atoms with Crippen LogP contribution in [0.1, 0.15) is 16.9 Å². The fourth-order valence-electron chi connectivity index (χ4n) is 1.91. The molecule has 7 heteroatoms. The van der Waals surface area contributed by atoms with Crippen LogP contribution in [0.4, 0.5) is 4.39 Å². The van der Waals surface area contributed by atoms with Crippen LogP contribution in [0.15, 0.2) is 36.5 Å². The van der Waals surface area contributed by atoms with Crippen molar-refractivity contribution in [2.24, 2.45) is 0 Å². The molecule has 0 radical (unpaired) electrons. The topological polar surface area (TPSA) is 59.4 Å². The smallest absolute Gasteiger partial charge is 0.271 e. The van der Waals surface area contributed by atoms with Gasteiger partial charge in [0.25, 0.3) is 5.91 Å². The van der Waals surface area contributed by atoms with E-state index in [1.807, 2.05) is 14.1 Å². The third kappa shape index (κ3) is 5.71. The second-order valence-electron chi connectivity index (χ2n) is 5.38. The molecule has 2 aromatic rings. The maximum absolute atomic E-state index is 12.8. The number of carbonyl (C=O) groups is 1. The van der Waals surface area contributed by atoms with Crippen molar-refractivity contribution in [3.05, 3.63) is 48.0 Å². The van der Waals surface area contributed by atoms with Gasteiger partial charge in [-0.1, -0.05) is 0 Å². The van der Waals surface area contributed by atoms with Gasteiger partial charge in [-0.15, -0.1) is 0 Å². The minimum absolute atomic E-state index is 0.152. The number of nitrogens with one attached hydrogen (secondary N) is 1. The van der Waals surface area contributed by atoms with Gasteiger partial charge in [-0.05, 0) is 57.4 Å². The largest absolute Gasteiger partial charge is 0.471 e. The lowest BCUT2D eigenvalue weighted by atomic mass is 10.3. The Morgan fingerprint density at radius 2 is 2.04 bits per heavy atom. The first-order valence-electron chi connectivity index (χ1n) is 7.39. The van der Waals surface area contributed by atoms with Gasteiger partial charge in [0.15, 0.2) is 6.73 Å². The Hall–Kier alpha value is -2.41. The summed E-state index contributed by atoms with van der Waals surface area (Å²) < 4.78 is 19.8. The SMILES string of the molecule is CN(C)CCCNC(=O)c1ccn(COc2ccc(F)cc2)n1. The quantitative estimate of drug-likeness (QED) is 0.753. The minimum Gasteiger partial charge on any atom is -0.471 e. The number of ether oxygens (including phenoxy) is 1. The predicted octanol–water partition coefficient (Wildman–Crippen LogP) is 1.74. The Balaban J connectivity index is 1.78. The number of hydrogen-bond donors (Lipinski definition) is 1. The average molecular weight is 320 g/mol. The molecule has 1 N–H and O–H groups in total. The predicted molar refractivity (Wildman–Crippen MR) is 84.8 cm³/mol. The van der Waals surface area contributed by atoms with Crippen LogP contribution in [0.2, 0.25) is 0 Å². The lowest BCUT2D eigenvalue weighted by Crippen LogP contribution is -2.27. The molecule has 0 saturated carbocycles. The molecular formula is C16H21FN4O2. The summed E-state index contributed by atoms with van der Waals surface area (Å²) in [4.78, 5) is 14.0. The highest BCUT2D eigenvalue weighted by Gasteiger charge is 2.09. The van der Waals surface area contributed by atoms with Crippen LogP contribution in [0.5, 0.6) is 5.75 Å². The first-order valence-corrected chi connectivity index (χ1v) is 7.39. The number of nitrogens with zero attached hydrogens (tertiary/aromatic N) is 3. The number of halogens is 1. The van der Waals surface area contributed by atoms with Gasteiger partial charge in [0, 0.05) is 12.7 Å². The molecule has 6 nitrogen and oxygen atoms in total. The fraction of sp³-hybridized carbons (Fsp3) is 0.375. The zero-order chi connectivity index (χ0) is 16.7. The van der Waals surface area contributed by atoms with Crippen molar-refractivity contribution in [2.75, 3.05) is 27.2 Å². The molecule has 0 bridgehead atoms. The van der Waals surface area contributed by atoms with Crippen molar-refractivity contribution in [3.63, 3.8) is 0 Å². The number of rotatable bonds is 8. The van der Waals surface area contributed by atoms with Crippen LogP contribution in [0.3, 0.4) is 0 Å². The zero-order valence-electron chi connectivity index (χ0n) is 13.3. The van der Waals surface area contributed by atoms with E-state index in [2.05, 4.69) is 15.3 Å². The van der Waals surface area contributed by atoms with Crippen molar-refractivity contribution in [1.29, 1.82) is 0 Å². The Morgan fingerprint density at radius 3 is 2.74 bits per heavy atom. The summed E-state index contributed by atoms with van der Waals surface area (Å²) in [6, 6.07) is 7.36. The molecule has 0 atom stereocenters. The molecular weight excluding hydrogens is 299 g/mol. The van der Waals surface area contributed by atoms with E-state index >= 15 is 0 Å². The number of hydrogen-bond acceptors (Lipinski definition) is 4. The first-order chi connectivity index (χ1) is 11.0. The molecule has 0 aliphatic rings. The zero-order valence-corrected chi connectivity index (χ0v) is 13.3. The maximum atomic E-state index is 12.8. The molecule has 1 aromatic heterocycles. The van der Waals surface area contributed by atoms with Gasteiger partial charge in [-0.3, -0.25) is 4.79 Å². The minimum atomic E-state index is -0.315. The van der Waals surface area contributed by atoms with Crippen LogP contribution in [0, 0.1) is 5.82 Å². The molecule has 0 aliphatic carbocycles. The van der Waals surface area contributed by atoms with E-state index in [9.17, 15) is 9.18 Å². The maximum Gasteiger partial charge on any atom is 0.271 e. The van der Waals surface area contributed by atoms with E-state index < -0.39 is 0 Å². The van der Waals surface area contributed by atoms with Crippen LogP contribution in [-0.2, 0) is 6.73 Å². The Bertz CT molecular complexity index is 625. The third-order valence-electron chi connectivity index (χ3n) is 3.12. The standard InChI is InChI=1S/C16H21FN4O2/c1-20(2)10-3-9-18-16(22)15-8-11-21(19-15)12-23-14-6-4-13(17)5-7-14/h4-8,11H,3,9-10,12H2,1-2H3,(H,18,22). The first kappa shape index (κ1) is 17.0. The molecule has 1 aromatic carbocycles. The van der Waals surface area contributed by atoms with Crippen molar-refractivity contribution in [3.8, 4) is 5.75 Å². The van der Waals surface area contributed by atoms with E-state index in [-0.39, 0.29) is 18.5 Å². The lowest BCUT2D eigenvalue weighted by molar-refractivity contribution is 0.0945. The third-order valence-corrected chi connectivity index (χ3v) is 3.12. The highest BCUT2D eigenvalue weighted by Crippen LogP contribution is 2.11. The molecule has 0 aliphatic heterocycles. The second-order valence-corrected chi connectivity index (χ2v) is 5.38. The molecule has 23 heavy (non-hydrogen) atoms. The van der Waals surface area contributed by atoms with Gasteiger partial charge in [0.2, 0.25) is 0 Å². The molecule has 124 valence electrons. The molecule has 0 fully saturated rings. The van der Waals surface area contributed by atoms with Gasteiger partial charge in [0.05, 0.1) is 0 Å². The summed E-state index contributed by atoms with van der Waals surface area (Å²) in [5.74, 6) is 0.0190. The number of aromatic nitrogens is 2. The number of benzene rings is 1. The van der Waals surface area contributed by atoms with E-state index in [0.717, 1.165) is 13.0 Å². The fourth-order valence-corrected chi connectivity index (χ4v) is 1.91. The molecule has 0 spiro atoms. The summed E-state index contributed by atoms with van der Waals surface area (Å²) in [5, 5.41) is 6.98. The highest BCUT2D eigenvalue weighted by molar-refractivity contribution is 5.92. The van der Waals surface area contributed by atoms with E-state index in [1.54, 1.807) is 12.3 Å². The van der Waals surface area contributed by atoms with Gasteiger partial charge < -0.3 is 15.0 Å². The summed E-state index contributed by atoms with van der Waals surface area (Å²) in [6.07, 6.45) is 2.55. The Labute approximate surface area is 134 Å². The van der Waals surface area contributed by atoms with Crippen molar-refractivity contribution >= 4 is 5.91 Å². The van der Waals surface area contributed by atoms with Crippen LogP contribution >= 0.6 is 0 Å². The van der Waals surface area contributed by atoms with Crippen LogP contribution in [-0.4, -0.2) is 47.8 Å². The molecule has 1 heterocycles. The van der Waals surface area contributed by atoms with Crippen LogP contribution in [0.25, 0.3) is 0 Å². The van der Waals surface area contributed by atoms with E-state index in [4.69, 9.17) is 4.74 Å². The summed E-state index contributed by atoms with van der Waals surface area (Å²) in [7, 11) is 3.98. The van der Waals surface area contributed by atoms with Crippen molar-refractivity contribution in [1.82, 2.24) is 20.0 Å². The summed E-state index contributed by atoms with van der Waals surface area (Å²) in [6.45, 7) is 1.68. The summed E-state index contributed by atoms with van der Waals surface area (Å²) >= 11 is 0. The highest BCUT2D eigenvalue weighted by atomic mass is 19.1. The van der Waals surface area contributed by atoms with Gasteiger partial charge in [-0.2, -0.15) is 5.10 Å². The second kappa shape index (κ2) is 8.28. The normalized spacial score (nSPS) is 10.8. The number of carbonyl (C=O) groups excluding carboxylic acids is 1. The molecule has 0 saturated heterocycles. The van der Waals surface area contributed by atoms with Gasteiger partial charge in [-0.25, -0.2) is 9.07 Å². The molecule has 2 rings (SSSR count). The lowest BCUT2D eigenvalue weighted by Gasteiger charge is -2.09.